The summed E-state index contributed by atoms with van der Waals surface area (Å²) in [6.45, 7) is 6.00. The van der Waals surface area contributed by atoms with Crippen molar-refractivity contribution >= 4 is 22.9 Å². The number of hydrogen-bond acceptors (Lipinski definition) is 4. The maximum Gasteiger partial charge on any atom is 0.196 e. The van der Waals surface area contributed by atoms with Crippen LogP contribution in [0.2, 0.25) is 0 Å². The molecule has 0 aliphatic heterocycles. The summed E-state index contributed by atoms with van der Waals surface area (Å²) in [5, 5.41) is 6.79. The molecule has 2 N–H and O–H groups in total. The minimum atomic E-state index is -0.0640. The van der Waals surface area contributed by atoms with Gasteiger partial charge in [0.1, 0.15) is 0 Å². The summed E-state index contributed by atoms with van der Waals surface area (Å²) < 4.78 is 0. The van der Waals surface area contributed by atoms with Gasteiger partial charge in [-0.15, -0.1) is 0 Å². The van der Waals surface area contributed by atoms with E-state index in [1.165, 1.54) is 38.5 Å². The van der Waals surface area contributed by atoms with Crippen molar-refractivity contribution < 1.29 is 9.59 Å². The predicted molar refractivity (Wildman–Crippen MR) is 125 cm³/mol. The molecule has 160 valence electrons. The highest BCUT2D eigenvalue weighted by molar-refractivity contribution is 6.31. The SMILES string of the molecule is CCCCCCNc1cccc2c1C(=O)c1cccc(NCCCCCC)c1C2=O. The molecule has 0 fully saturated rings. The Hall–Kier alpha value is -2.62. The second-order valence-electron chi connectivity index (χ2n) is 8.09. The first-order chi connectivity index (χ1) is 14.7. The standard InChI is InChI=1S/C26H34N2O2/c1-3-5-7-9-17-27-21-15-11-13-19-23(21)25(29)20-14-12-16-22(24(20)26(19)30)28-18-10-8-6-4-2/h11-16,27-28H,3-10,17-18H2,1-2H3. The zero-order chi connectivity index (χ0) is 21.3. The monoisotopic (exact) mass is 406 g/mol. The van der Waals surface area contributed by atoms with E-state index < -0.39 is 0 Å². The topological polar surface area (TPSA) is 58.2 Å². The lowest BCUT2D eigenvalue weighted by atomic mass is 9.82. The summed E-state index contributed by atoms with van der Waals surface area (Å²) in [6, 6.07) is 11.1. The summed E-state index contributed by atoms with van der Waals surface area (Å²) in [5.74, 6) is -0.128. The zero-order valence-electron chi connectivity index (χ0n) is 18.4. The van der Waals surface area contributed by atoms with Gasteiger partial charge in [-0.3, -0.25) is 9.59 Å². The van der Waals surface area contributed by atoms with E-state index in [0.29, 0.717) is 22.3 Å². The Kier molecular flexibility index (Phi) is 8.06. The van der Waals surface area contributed by atoms with E-state index in [2.05, 4.69) is 24.5 Å². The van der Waals surface area contributed by atoms with E-state index in [0.717, 1.165) is 37.3 Å². The molecule has 0 radical (unpaired) electrons. The summed E-state index contributed by atoms with van der Waals surface area (Å²) in [7, 11) is 0. The number of fused-ring (bicyclic) bond motifs is 2. The van der Waals surface area contributed by atoms with Crippen LogP contribution >= 0.6 is 0 Å². The molecule has 2 aromatic rings. The molecular formula is C26H34N2O2. The van der Waals surface area contributed by atoms with Gasteiger partial charge in [-0.25, -0.2) is 0 Å². The Labute approximate surface area is 180 Å². The van der Waals surface area contributed by atoms with Gasteiger partial charge in [-0.1, -0.05) is 76.6 Å². The van der Waals surface area contributed by atoms with E-state index in [4.69, 9.17) is 0 Å². The van der Waals surface area contributed by atoms with Crippen molar-refractivity contribution in [2.75, 3.05) is 23.7 Å². The second kappa shape index (κ2) is 11.0. The van der Waals surface area contributed by atoms with E-state index in [9.17, 15) is 9.59 Å². The van der Waals surface area contributed by atoms with E-state index in [1.54, 1.807) is 12.1 Å². The fourth-order valence-corrected chi connectivity index (χ4v) is 4.09. The minimum Gasteiger partial charge on any atom is -0.384 e. The van der Waals surface area contributed by atoms with Gasteiger partial charge >= 0.3 is 0 Å². The molecule has 1 aliphatic rings. The first-order valence-electron chi connectivity index (χ1n) is 11.5. The Balaban J connectivity index is 1.80. The number of benzene rings is 2. The molecule has 30 heavy (non-hydrogen) atoms. The van der Waals surface area contributed by atoms with Gasteiger partial charge in [-0.2, -0.15) is 0 Å². The smallest absolute Gasteiger partial charge is 0.196 e. The number of anilines is 2. The van der Waals surface area contributed by atoms with Crippen molar-refractivity contribution in [3.63, 3.8) is 0 Å². The minimum absolute atomic E-state index is 0.0640. The molecule has 0 atom stereocenters. The lowest BCUT2D eigenvalue weighted by Gasteiger charge is -2.23. The molecule has 0 amide bonds. The van der Waals surface area contributed by atoms with Crippen molar-refractivity contribution in [3.8, 4) is 0 Å². The first kappa shape index (κ1) is 22.1. The van der Waals surface area contributed by atoms with Gasteiger partial charge in [-0.05, 0) is 25.0 Å². The van der Waals surface area contributed by atoms with Crippen molar-refractivity contribution in [1.82, 2.24) is 0 Å². The second-order valence-corrected chi connectivity index (χ2v) is 8.09. The number of rotatable bonds is 12. The third kappa shape index (κ3) is 4.92. The number of carbonyl (C=O) groups excluding carboxylic acids is 2. The summed E-state index contributed by atoms with van der Waals surface area (Å²) in [5.41, 5.74) is 3.59. The summed E-state index contributed by atoms with van der Waals surface area (Å²) in [4.78, 5) is 26.7. The number of unbranched alkanes of at least 4 members (excludes halogenated alkanes) is 6. The van der Waals surface area contributed by atoms with Crippen LogP contribution in [0.1, 0.15) is 97.1 Å². The van der Waals surface area contributed by atoms with Gasteiger partial charge in [0.25, 0.3) is 0 Å². The molecule has 3 rings (SSSR count). The Morgan fingerprint density at radius 2 is 1.03 bits per heavy atom. The van der Waals surface area contributed by atoms with Crippen LogP contribution in [0.5, 0.6) is 0 Å². The molecule has 0 aromatic heterocycles. The van der Waals surface area contributed by atoms with Gasteiger partial charge in [0.2, 0.25) is 0 Å². The van der Waals surface area contributed by atoms with Crippen LogP contribution in [0.4, 0.5) is 11.4 Å². The molecule has 0 saturated heterocycles. The van der Waals surface area contributed by atoms with Crippen LogP contribution in [-0.4, -0.2) is 24.7 Å². The maximum absolute atomic E-state index is 13.4. The number of carbonyl (C=O) groups is 2. The highest BCUT2D eigenvalue weighted by Gasteiger charge is 2.33. The largest absolute Gasteiger partial charge is 0.384 e. The van der Waals surface area contributed by atoms with E-state index in [1.807, 2.05) is 24.3 Å². The van der Waals surface area contributed by atoms with Crippen molar-refractivity contribution in [2.24, 2.45) is 0 Å². The Bertz CT molecular complexity index is 815. The molecule has 0 bridgehead atoms. The maximum atomic E-state index is 13.4. The van der Waals surface area contributed by atoms with E-state index >= 15 is 0 Å². The van der Waals surface area contributed by atoms with Crippen LogP contribution in [-0.2, 0) is 0 Å². The van der Waals surface area contributed by atoms with Gasteiger partial charge < -0.3 is 10.6 Å². The van der Waals surface area contributed by atoms with Crippen LogP contribution in [0.15, 0.2) is 36.4 Å². The average molecular weight is 407 g/mol. The van der Waals surface area contributed by atoms with Crippen molar-refractivity contribution in [1.29, 1.82) is 0 Å². The van der Waals surface area contributed by atoms with Crippen molar-refractivity contribution in [3.05, 3.63) is 58.7 Å². The van der Waals surface area contributed by atoms with Gasteiger partial charge in [0.05, 0.1) is 11.1 Å². The molecule has 0 saturated carbocycles. The van der Waals surface area contributed by atoms with Gasteiger partial charge in [0.15, 0.2) is 11.6 Å². The molecule has 0 spiro atoms. The van der Waals surface area contributed by atoms with Crippen LogP contribution in [0.25, 0.3) is 0 Å². The molecule has 4 nitrogen and oxygen atoms in total. The Morgan fingerprint density at radius 3 is 1.43 bits per heavy atom. The Morgan fingerprint density at radius 1 is 0.600 bits per heavy atom. The lowest BCUT2D eigenvalue weighted by molar-refractivity contribution is 0.0980. The quantitative estimate of drug-likeness (QED) is 0.340. The molecule has 1 aliphatic carbocycles. The van der Waals surface area contributed by atoms with Gasteiger partial charge in [0, 0.05) is 35.6 Å². The summed E-state index contributed by atoms with van der Waals surface area (Å²) >= 11 is 0. The van der Waals surface area contributed by atoms with E-state index in [-0.39, 0.29) is 11.6 Å². The molecular weight excluding hydrogens is 372 g/mol. The van der Waals surface area contributed by atoms with Crippen molar-refractivity contribution in [2.45, 2.75) is 65.2 Å². The third-order valence-electron chi connectivity index (χ3n) is 5.76. The molecule has 0 unspecified atom stereocenters. The summed E-state index contributed by atoms with van der Waals surface area (Å²) in [6.07, 6.45) is 9.27. The number of hydrogen-bond donors (Lipinski definition) is 2. The van der Waals surface area contributed by atoms with Crippen LogP contribution < -0.4 is 10.6 Å². The molecule has 0 heterocycles. The normalized spacial score (nSPS) is 12.5. The third-order valence-corrected chi connectivity index (χ3v) is 5.76. The first-order valence-corrected chi connectivity index (χ1v) is 11.5. The predicted octanol–water partition coefficient (Wildman–Crippen LogP) is 6.45. The fraction of sp³-hybridized carbons (Fsp3) is 0.462. The highest BCUT2D eigenvalue weighted by Crippen LogP contribution is 2.35. The number of nitrogens with one attached hydrogen (secondary N) is 2. The number of ketones is 2. The fourth-order valence-electron chi connectivity index (χ4n) is 4.09. The lowest BCUT2D eigenvalue weighted by Crippen LogP contribution is -2.24. The van der Waals surface area contributed by atoms with Crippen LogP contribution in [0, 0.1) is 0 Å². The average Bonchev–Trinajstić information content (AvgIpc) is 2.77. The zero-order valence-corrected chi connectivity index (χ0v) is 18.4. The van der Waals surface area contributed by atoms with Crippen LogP contribution in [0.3, 0.4) is 0 Å². The molecule has 4 heteroatoms. The highest BCUT2D eigenvalue weighted by atomic mass is 16.1. The molecule has 2 aromatic carbocycles.